The van der Waals surface area contributed by atoms with Crippen LogP contribution in [-0.4, -0.2) is 20.5 Å². The van der Waals surface area contributed by atoms with Crippen molar-refractivity contribution in [2.75, 3.05) is 5.32 Å². The summed E-state index contributed by atoms with van der Waals surface area (Å²) in [7, 11) is -3.40. The second-order valence-corrected chi connectivity index (χ2v) is 8.18. The van der Waals surface area contributed by atoms with Gasteiger partial charge in [0.15, 0.2) is 0 Å². The van der Waals surface area contributed by atoms with Gasteiger partial charge in [-0.3, -0.25) is 0 Å². The van der Waals surface area contributed by atoms with E-state index in [1.165, 1.54) is 12.8 Å². The summed E-state index contributed by atoms with van der Waals surface area (Å²) < 4.78 is 27.7. The smallest absolute Gasteiger partial charge is 0.242 e. The Labute approximate surface area is 127 Å². The highest BCUT2D eigenvalue weighted by Crippen LogP contribution is 2.30. The largest absolute Gasteiger partial charge is 0.381 e. The molecule has 3 rings (SSSR count). The molecule has 0 atom stereocenters. The fourth-order valence-electron chi connectivity index (χ4n) is 2.93. The molecule has 2 saturated carbocycles. The predicted octanol–water partition coefficient (Wildman–Crippen LogP) is 3.12. The SMILES string of the molecule is CC1CCC(Nc2ccccc2S(=O)(=O)NC2CC2)CC1. The molecule has 0 aliphatic heterocycles. The Bertz CT molecular complexity index is 588. The number of para-hydroxylation sites is 1. The first kappa shape index (κ1) is 14.9. The first-order chi connectivity index (χ1) is 10.0. The van der Waals surface area contributed by atoms with Gasteiger partial charge in [-0.15, -0.1) is 0 Å². The molecular weight excluding hydrogens is 284 g/mol. The minimum absolute atomic E-state index is 0.138. The van der Waals surface area contributed by atoms with Crippen LogP contribution < -0.4 is 10.0 Å². The molecular formula is C16H24N2O2S. The highest BCUT2D eigenvalue weighted by Gasteiger charge is 2.29. The Morgan fingerprint density at radius 1 is 0.952 bits per heavy atom. The molecule has 2 fully saturated rings. The van der Waals surface area contributed by atoms with Gasteiger partial charge >= 0.3 is 0 Å². The van der Waals surface area contributed by atoms with E-state index in [1.807, 2.05) is 12.1 Å². The third kappa shape index (κ3) is 3.77. The van der Waals surface area contributed by atoms with Gasteiger partial charge in [0.25, 0.3) is 0 Å². The number of sulfonamides is 1. The van der Waals surface area contributed by atoms with Crippen molar-refractivity contribution < 1.29 is 8.42 Å². The van der Waals surface area contributed by atoms with Crippen molar-refractivity contribution in [1.29, 1.82) is 0 Å². The topological polar surface area (TPSA) is 58.2 Å². The molecule has 5 heteroatoms. The van der Waals surface area contributed by atoms with E-state index in [1.54, 1.807) is 12.1 Å². The van der Waals surface area contributed by atoms with Crippen LogP contribution in [0.3, 0.4) is 0 Å². The zero-order valence-electron chi connectivity index (χ0n) is 12.5. The van der Waals surface area contributed by atoms with Crippen molar-refractivity contribution in [3.63, 3.8) is 0 Å². The third-order valence-corrected chi connectivity index (χ3v) is 6.03. The van der Waals surface area contributed by atoms with Crippen LogP contribution >= 0.6 is 0 Å². The molecule has 21 heavy (non-hydrogen) atoms. The van der Waals surface area contributed by atoms with E-state index < -0.39 is 10.0 Å². The van der Waals surface area contributed by atoms with Crippen molar-refractivity contribution in [2.24, 2.45) is 5.92 Å². The van der Waals surface area contributed by atoms with Gasteiger partial charge in [0, 0.05) is 12.1 Å². The van der Waals surface area contributed by atoms with Crippen LogP contribution in [0.4, 0.5) is 5.69 Å². The number of hydrogen-bond acceptors (Lipinski definition) is 3. The summed E-state index contributed by atoms with van der Waals surface area (Å²) in [4.78, 5) is 0.385. The fourth-order valence-corrected chi connectivity index (χ4v) is 4.40. The third-order valence-electron chi connectivity index (χ3n) is 4.45. The standard InChI is InChI=1S/C16H24N2O2S/c1-12-6-8-13(9-7-12)17-15-4-2-3-5-16(15)21(19,20)18-14-10-11-14/h2-5,12-14,17-18H,6-11H2,1H3. The highest BCUT2D eigenvalue weighted by molar-refractivity contribution is 7.89. The quantitative estimate of drug-likeness (QED) is 0.878. The van der Waals surface area contributed by atoms with Gasteiger partial charge in [0.1, 0.15) is 4.90 Å². The monoisotopic (exact) mass is 308 g/mol. The molecule has 0 bridgehead atoms. The van der Waals surface area contributed by atoms with Crippen LogP contribution in [0.15, 0.2) is 29.2 Å². The average Bonchev–Trinajstić information content (AvgIpc) is 3.25. The molecule has 0 unspecified atom stereocenters. The number of anilines is 1. The summed E-state index contributed by atoms with van der Waals surface area (Å²) in [5.74, 6) is 0.790. The number of benzene rings is 1. The fraction of sp³-hybridized carbons (Fsp3) is 0.625. The summed E-state index contributed by atoms with van der Waals surface area (Å²) in [6.07, 6.45) is 6.57. The van der Waals surface area contributed by atoms with Crippen molar-refractivity contribution in [3.05, 3.63) is 24.3 Å². The van der Waals surface area contributed by atoms with Crippen LogP contribution in [0, 0.1) is 5.92 Å². The van der Waals surface area contributed by atoms with E-state index in [0.717, 1.165) is 37.3 Å². The first-order valence-corrected chi connectivity index (χ1v) is 9.41. The summed E-state index contributed by atoms with van der Waals surface area (Å²) in [6.45, 7) is 2.29. The minimum Gasteiger partial charge on any atom is -0.381 e. The Morgan fingerprint density at radius 3 is 2.24 bits per heavy atom. The molecule has 0 radical (unpaired) electrons. The van der Waals surface area contributed by atoms with Crippen molar-refractivity contribution in [3.8, 4) is 0 Å². The molecule has 1 aromatic carbocycles. The maximum atomic E-state index is 12.4. The Kier molecular flexibility index (Phi) is 4.22. The van der Waals surface area contributed by atoms with Crippen LogP contribution in [0.2, 0.25) is 0 Å². The Morgan fingerprint density at radius 2 is 1.57 bits per heavy atom. The van der Waals surface area contributed by atoms with E-state index in [2.05, 4.69) is 17.0 Å². The van der Waals surface area contributed by atoms with Gasteiger partial charge in [0.05, 0.1) is 5.69 Å². The maximum Gasteiger partial charge on any atom is 0.242 e. The van der Waals surface area contributed by atoms with Crippen LogP contribution in [0.5, 0.6) is 0 Å². The van der Waals surface area contributed by atoms with Gasteiger partial charge in [-0.25, -0.2) is 13.1 Å². The molecule has 0 spiro atoms. The second-order valence-electron chi connectivity index (χ2n) is 6.49. The van der Waals surface area contributed by atoms with E-state index in [9.17, 15) is 8.42 Å². The lowest BCUT2D eigenvalue weighted by molar-refractivity contribution is 0.361. The molecule has 1 aromatic rings. The van der Waals surface area contributed by atoms with Crippen molar-refractivity contribution in [2.45, 2.75) is 62.4 Å². The second kappa shape index (κ2) is 5.97. The van der Waals surface area contributed by atoms with E-state index >= 15 is 0 Å². The molecule has 116 valence electrons. The zero-order valence-corrected chi connectivity index (χ0v) is 13.3. The molecule has 0 amide bonds. The Balaban J connectivity index is 1.76. The van der Waals surface area contributed by atoms with Crippen molar-refractivity contribution in [1.82, 2.24) is 4.72 Å². The summed E-state index contributed by atoms with van der Waals surface area (Å²) in [6, 6.07) is 7.77. The predicted molar refractivity (Wildman–Crippen MR) is 84.8 cm³/mol. The lowest BCUT2D eigenvalue weighted by atomic mass is 9.87. The minimum atomic E-state index is -3.40. The van der Waals surface area contributed by atoms with Gasteiger partial charge < -0.3 is 5.32 Å². The average molecular weight is 308 g/mol. The van der Waals surface area contributed by atoms with Crippen LogP contribution in [0.25, 0.3) is 0 Å². The van der Waals surface area contributed by atoms with Gasteiger partial charge in [-0.1, -0.05) is 19.1 Å². The lowest BCUT2D eigenvalue weighted by Crippen LogP contribution is -2.29. The van der Waals surface area contributed by atoms with Crippen LogP contribution in [0.1, 0.15) is 45.4 Å². The maximum absolute atomic E-state index is 12.4. The molecule has 2 aliphatic rings. The van der Waals surface area contributed by atoms with E-state index in [0.29, 0.717) is 10.9 Å². The summed E-state index contributed by atoms with van der Waals surface area (Å²) in [5, 5.41) is 3.45. The number of rotatable bonds is 5. The normalized spacial score (nSPS) is 26.5. The summed E-state index contributed by atoms with van der Waals surface area (Å²) in [5.41, 5.74) is 0.741. The van der Waals surface area contributed by atoms with E-state index in [-0.39, 0.29) is 6.04 Å². The van der Waals surface area contributed by atoms with E-state index in [4.69, 9.17) is 0 Å². The molecule has 2 aliphatic carbocycles. The molecule has 0 saturated heterocycles. The Hall–Kier alpha value is -1.07. The van der Waals surface area contributed by atoms with Gasteiger partial charge in [-0.2, -0.15) is 0 Å². The molecule has 2 N–H and O–H groups in total. The van der Waals surface area contributed by atoms with Gasteiger partial charge in [0.2, 0.25) is 10.0 Å². The lowest BCUT2D eigenvalue weighted by Gasteiger charge is -2.28. The number of nitrogens with one attached hydrogen (secondary N) is 2. The number of hydrogen-bond donors (Lipinski definition) is 2. The molecule has 0 aromatic heterocycles. The van der Waals surface area contributed by atoms with Crippen LogP contribution in [-0.2, 0) is 10.0 Å². The zero-order chi connectivity index (χ0) is 14.9. The highest BCUT2D eigenvalue weighted by atomic mass is 32.2. The first-order valence-electron chi connectivity index (χ1n) is 7.92. The van der Waals surface area contributed by atoms with Crippen molar-refractivity contribution >= 4 is 15.7 Å². The molecule has 4 nitrogen and oxygen atoms in total. The van der Waals surface area contributed by atoms with Gasteiger partial charge in [-0.05, 0) is 56.6 Å². The molecule has 0 heterocycles. The summed E-state index contributed by atoms with van der Waals surface area (Å²) >= 11 is 0.